The first kappa shape index (κ1) is 24.3. The standard InChI is InChI=1S/C29H31F3O2/c1-3-33-18-24-13-12-23(16-26(24)30)21-10-6-20(7-11-21)17-34-27-15-14-25(28(31)29(27)32)22-8-4-19(2)5-9-22/h4-5,8-9,12-16,20-21H,3,6-7,10-11,17-18H2,1-2H3. The second-order valence-corrected chi connectivity index (χ2v) is 9.12. The van der Waals surface area contributed by atoms with Crippen LogP contribution in [0.4, 0.5) is 13.2 Å². The molecular formula is C29H31F3O2. The second kappa shape index (κ2) is 11.1. The van der Waals surface area contributed by atoms with E-state index in [1.165, 1.54) is 6.07 Å². The molecule has 0 bridgehead atoms. The molecule has 1 saturated carbocycles. The predicted octanol–water partition coefficient (Wildman–Crippen LogP) is 7.97. The maximum atomic E-state index is 14.7. The van der Waals surface area contributed by atoms with Gasteiger partial charge in [-0.2, -0.15) is 4.39 Å². The van der Waals surface area contributed by atoms with Gasteiger partial charge in [0.05, 0.1) is 13.2 Å². The molecule has 0 heterocycles. The Bertz CT molecular complexity index is 1100. The van der Waals surface area contributed by atoms with Gasteiger partial charge in [-0.05, 0) is 80.7 Å². The molecule has 0 N–H and O–H groups in total. The molecule has 0 amide bonds. The molecule has 1 aliphatic carbocycles. The Hall–Kier alpha value is -2.79. The maximum absolute atomic E-state index is 14.7. The first-order valence-corrected chi connectivity index (χ1v) is 12.0. The van der Waals surface area contributed by atoms with Crippen molar-refractivity contribution in [3.63, 3.8) is 0 Å². The molecule has 5 heteroatoms. The summed E-state index contributed by atoms with van der Waals surface area (Å²) < 4.78 is 54.7. The molecule has 0 atom stereocenters. The van der Waals surface area contributed by atoms with Crippen molar-refractivity contribution in [3.8, 4) is 16.9 Å². The van der Waals surface area contributed by atoms with Crippen LogP contribution in [0.2, 0.25) is 0 Å². The third-order valence-corrected chi connectivity index (χ3v) is 6.74. The van der Waals surface area contributed by atoms with Crippen molar-refractivity contribution in [1.29, 1.82) is 0 Å². The quantitative estimate of drug-likeness (QED) is 0.334. The van der Waals surface area contributed by atoms with Gasteiger partial charge in [0.15, 0.2) is 11.6 Å². The molecule has 1 aliphatic rings. The Balaban J connectivity index is 1.32. The first-order valence-electron chi connectivity index (χ1n) is 12.0. The summed E-state index contributed by atoms with van der Waals surface area (Å²) >= 11 is 0. The van der Waals surface area contributed by atoms with Gasteiger partial charge in [0.2, 0.25) is 5.82 Å². The molecule has 0 radical (unpaired) electrons. The highest BCUT2D eigenvalue weighted by atomic mass is 19.2. The minimum atomic E-state index is -0.950. The van der Waals surface area contributed by atoms with E-state index in [0.29, 0.717) is 30.3 Å². The van der Waals surface area contributed by atoms with Crippen molar-refractivity contribution < 1.29 is 22.6 Å². The van der Waals surface area contributed by atoms with Crippen LogP contribution in [0.1, 0.15) is 55.2 Å². The minimum absolute atomic E-state index is 0.0533. The largest absolute Gasteiger partial charge is 0.490 e. The fraction of sp³-hybridized carbons (Fsp3) is 0.379. The Kier molecular flexibility index (Phi) is 7.94. The lowest BCUT2D eigenvalue weighted by Gasteiger charge is -2.29. The molecule has 0 unspecified atom stereocenters. The van der Waals surface area contributed by atoms with E-state index in [1.807, 2.05) is 38.1 Å². The van der Waals surface area contributed by atoms with Gasteiger partial charge in [0.1, 0.15) is 5.82 Å². The van der Waals surface area contributed by atoms with Crippen molar-refractivity contribution in [2.45, 2.75) is 52.1 Å². The van der Waals surface area contributed by atoms with Gasteiger partial charge in [-0.25, -0.2) is 8.78 Å². The fourth-order valence-electron chi connectivity index (χ4n) is 4.62. The lowest BCUT2D eigenvalue weighted by atomic mass is 9.79. The second-order valence-electron chi connectivity index (χ2n) is 9.12. The number of ether oxygens (including phenoxy) is 2. The Morgan fingerprint density at radius 2 is 1.59 bits per heavy atom. The SMILES string of the molecule is CCOCc1ccc(C2CCC(COc3ccc(-c4ccc(C)cc4)c(F)c3F)CC2)cc1F. The van der Waals surface area contributed by atoms with E-state index in [-0.39, 0.29) is 29.7 Å². The summed E-state index contributed by atoms with van der Waals surface area (Å²) in [4.78, 5) is 0. The molecule has 0 spiro atoms. The van der Waals surface area contributed by atoms with E-state index in [2.05, 4.69) is 0 Å². The van der Waals surface area contributed by atoms with E-state index >= 15 is 0 Å². The average Bonchev–Trinajstić information content (AvgIpc) is 2.85. The van der Waals surface area contributed by atoms with Gasteiger partial charge < -0.3 is 9.47 Å². The van der Waals surface area contributed by atoms with E-state index in [0.717, 1.165) is 36.8 Å². The normalized spacial score (nSPS) is 18.1. The molecule has 1 fully saturated rings. The molecule has 4 rings (SSSR count). The lowest BCUT2D eigenvalue weighted by molar-refractivity contribution is 0.131. The van der Waals surface area contributed by atoms with Gasteiger partial charge in [0, 0.05) is 17.7 Å². The Morgan fingerprint density at radius 1 is 0.853 bits per heavy atom. The number of halogens is 3. The lowest BCUT2D eigenvalue weighted by Crippen LogP contribution is -2.20. The zero-order valence-electron chi connectivity index (χ0n) is 19.8. The molecule has 3 aromatic carbocycles. The zero-order valence-corrected chi connectivity index (χ0v) is 19.8. The maximum Gasteiger partial charge on any atom is 0.201 e. The summed E-state index contributed by atoms with van der Waals surface area (Å²) in [5.41, 5.74) is 3.51. The van der Waals surface area contributed by atoms with Gasteiger partial charge >= 0.3 is 0 Å². The molecule has 3 aromatic rings. The van der Waals surface area contributed by atoms with Crippen LogP contribution in [-0.4, -0.2) is 13.2 Å². The predicted molar refractivity (Wildman–Crippen MR) is 128 cm³/mol. The molecule has 0 aromatic heterocycles. The number of hydrogen-bond donors (Lipinski definition) is 0. The van der Waals surface area contributed by atoms with Crippen LogP contribution in [0.3, 0.4) is 0 Å². The smallest absolute Gasteiger partial charge is 0.201 e. The summed E-state index contributed by atoms with van der Waals surface area (Å²) in [5.74, 6) is -1.55. The highest BCUT2D eigenvalue weighted by Crippen LogP contribution is 2.37. The van der Waals surface area contributed by atoms with Crippen LogP contribution in [-0.2, 0) is 11.3 Å². The molecule has 0 aliphatic heterocycles. The molecule has 180 valence electrons. The summed E-state index contributed by atoms with van der Waals surface area (Å²) in [6, 6.07) is 15.8. The van der Waals surface area contributed by atoms with Crippen molar-refractivity contribution >= 4 is 0 Å². The van der Waals surface area contributed by atoms with Gasteiger partial charge in [-0.15, -0.1) is 0 Å². The monoisotopic (exact) mass is 468 g/mol. The van der Waals surface area contributed by atoms with Gasteiger partial charge in [-0.1, -0.05) is 42.0 Å². The zero-order chi connectivity index (χ0) is 24.1. The van der Waals surface area contributed by atoms with Crippen molar-refractivity contribution in [1.82, 2.24) is 0 Å². The molecule has 2 nitrogen and oxygen atoms in total. The minimum Gasteiger partial charge on any atom is -0.490 e. The van der Waals surface area contributed by atoms with Crippen LogP contribution in [0, 0.1) is 30.3 Å². The molecular weight excluding hydrogens is 437 g/mol. The highest BCUT2D eigenvalue weighted by molar-refractivity contribution is 5.65. The summed E-state index contributed by atoms with van der Waals surface area (Å²) in [6.45, 7) is 5.02. The fourth-order valence-corrected chi connectivity index (χ4v) is 4.62. The van der Waals surface area contributed by atoms with Crippen LogP contribution in [0.5, 0.6) is 5.75 Å². The van der Waals surface area contributed by atoms with Crippen LogP contribution in [0.25, 0.3) is 11.1 Å². The molecule has 34 heavy (non-hydrogen) atoms. The molecule has 0 saturated heterocycles. The third kappa shape index (κ3) is 5.64. The third-order valence-electron chi connectivity index (χ3n) is 6.74. The van der Waals surface area contributed by atoms with Crippen molar-refractivity contribution in [3.05, 3.63) is 88.7 Å². The van der Waals surface area contributed by atoms with Gasteiger partial charge in [-0.3, -0.25) is 0 Å². The van der Waals surface area contributed by atoms with E-state index < -0.39 is 11.6 Å². The number of hydrogen-bond acceptors (Lipinski definition) is 2. The summed E-state index contributed by atoms with van der Waals surface area (Å²) in [7, 11) is 0. The first-order chi connectivity index (χ1) is 16.5. The van der Waals surface area contributed by atoms with Gasteiger partial charge in [0.25, 0.3) is 0 Å². The van der Waals surface area contributed by atoms with E-state index in [9.17, 15) is 13.2 Å². The Morgan fingerprint density at radius 3 is 2.26 bits per heavy atom. The number of benzene rings is 3. The van der Waals surface area contributed by atoms with Crippen LogP contribution < -0.4 is 4.74 Å². The average molecular weight is 469 g/mol. The Labute approximate surface area is 199 Å². The summed E-state index contributed by atoms with van der Waals surface area (Å²) in [5, 5.41) is 0. The van der Waals surface area contributed by atoms with Crippen molar-refractivity contribution in [2.75, 3.05) is 13.2 Å². The van der Waals surface area contributed by atoms with E-state index in [1.54, 1.807) is 24.3 Å². The van der Waals surface area contributed by atoms with Crippen LogP contribution >= 0.6 is 0 Å². The summed E-state index contributed by atoms with van der Waals surface area (Å²) in [6.07, 6.45) is 3.64. The van der Waals surface area contributed by atoms with Crippen LogP contribution in [0.15, 0.2) is 54.6 Å². The van der Waals surface area contributed by atoms with E-state index in [4.69, 9.17) is 9.47 Å². The number of rotatable bonds is 8. The topological polar surface area (TPSA) is 18.5 Å². The van der Waals surface area contributed by atoms with Crippen molar-refractivity contribution in [2.24, 2.45) is 5.92 Å². The highest BCUT2D eigenvalue weighted by Gasteiger charge is 2.24. The number of aryl methyl sites for hydroxylation is 1.